The molecule has 0 fully saturated rings. The fourth-order valence-electron chi connectivity index (χ4n) is 0.604. The largest absolute Gasteiger partial charge is 0.388 e. The Morgan fingerprint density at radius 1 is 1.75 bits per heavy atom. The summed E-state index contributed by atoms with van der Waals surface area (Å²) in [6.45, 7) is 1.73. The van der Waals surface area contributed by atoms with Crippen LogP contribution < -0.4 is 0 Å². The fourth-order valence-corrected chi connectivity index (χ4v) is 0.604. The molecule has 0 aromatic carbocycles. The van der Waals surface area contributed by atoms with Gasteiger partial charge in [0.1, 0.15) is 0 Å². The van der Waals surface area contributed by atoms with Crippen LogP contribution in [0.1, 0.15) is 6.92 Å². The summed E-state index contributed by atoms with van der Waals surface area (Å²) in [4.78, 5) is 0. The predicted molar refractivity (Wildman–Crippen MR) is 32.4 cm³/mol. The molecule has 0 aliphatic heterocycles. The Bertz CT molecular complexity index is 169. The first-order valence-electron chi connectivity index (χ1n) is 2.62. The van der Waals surface area contributed by atoms with Crippen molar-refractivity contribution in [2.75, 3.05) is 0 Å². The van der Waals surface area contributed by atoms with Gasteiger partial charge in [-0.2, -0.15) is 0 Å². The van der Waals surface area contributed by atoms with Crippen LogP contribution in [0.4, 0.5) is 0 Å². The van der Waals surface area contributed by atoms with Crippen LogP contribution in [0.5, 0.6) is 0 Å². The summed E-state index contributed by atoms with van der Waals surface area (Å²) in [7, 11) is 0. The highest BCUT2D eigenvalue weighted by Gasteiger charge is 1.99. The van der Waals surface area contributed by atoms with Crippen LogP contribution in [-0.2, 0) is 0 Å². The van der Waals surface area contributed by atoms with Crippen molar-refractivity contribution in [1.82, 2.24) is 0 Å². The van der Waals surface area contributed by atoms with Crippen molar-refractivity contribution < 1.29 is 5.11 Å². The Morgan fingerprint density at radius 2 is 2.50 bits per heavy atom. The Hall–Kier alpha value is -0.780. The SMILES string of the molecule is C[C@H](O)C1=C=CC=C1. The number of aliphatic hydroxyl groups excluding tert-OH is 1. The zero-order valence-corrected chi connectivity index (χ0v) is 4.76. The molecule has 0 aromatic heterocycles. The maximum atomic E-state index is 8.88. The highest BCUT2D eigenvalue weighted by atomic mass is 16.3. The topological polar surface area (TPSA) is 20.2 Å². The van der Waals surface area contributed by atoms with E-state index < -0.39 is 0 Å². The first-order chi connectivity index (χ1) is 3.80. The Balaban J connectivity index is 2.74. The zero-order chi connectivity index (χ0) is 5.98. The highest BCUT2D eigenvalue weighted by molar-refractivity contribution is 5.31. The lowest BCUT2D eigenvalue weighted by Gasteiger charge is -1.97. The molecule has 1 nitrogen and oxygen atoms in total. The second-order valence-corrected chi connectivity index (χ2v) is 1.80. The third-order valence-electron chi connectivity index (χ3n) is 1.07. The lowest BCUT2D eigenvalue weighted by Crippen LogP contribution is -1.99. The molecule has 42 valence electrons. The lowest BCUT2D eigenvalue weighted by atomic mass is 10.2. The molecule has 0 amide bonds. The smallest absolute Gasteiger partial charge is 0.0833 e. The van der Waals surface area contributed by atoms with Crippen LogP contribution >= 0.6 is 0 Å². The monoisotopic (exact) mass is 108 g/mol. The molecule has 0 radical (unpaired) electrons. The third kappa shape index (κ3) is 0.890. The van der Waals surface area contributed by atoms with Crippen LogP contribution in [0, 0.1) is 0 Å². The molecule has 0 aromatic rings. The summed E-state index contributed by atoms with van der Waals surface area (Å²) in [5.74, 6) is 0. The average Bonchev–Trinajstić information content (AvgIpc) is 2.12. The third-order valence-corrected chi connectivity index (χ3v) is 1.07. The van der Waals surface area contributed by atoms with E-state index in [-0.39, 0.29) is 6.10 Å². The fraction of sp³-hybridized carbons (Fsp3) is 0.286. The van der Waals surface area contributed by atoms with Gasteiger partial charge >= 0.3 is 0 Å². The van der Waals surface area contributed by atoms with Crippen LogP contribution in [0.2, 0.25) is 0 Å². The normalized spacial score (nSPS) is 19.0. The molecule has 0 saturated carbocycles. The van der Waals surface area contributed by atoms with Crippen molar-refractivity contribution in [1.29, 1.82) is 0 Å². The summed E-state index contributed by atoms with van der Waals surface area (Å²) in [6, 6.07) is 0. The van der Waals surface area contributed by atoms with Gasteiger partial charge in [-0.1, -0.05) is 6.08 Å². The minimum absolute atomic E-state index is 0.370. The summed E-state index contributed by atoms with van der Waals surface area (Å²) in [5.41, 5.74) is 3.75. The standard InChI is InChI=1S/C7H8O/c1-6(8)7-4-2-3-5-7/h2-4,6,8H,1H3/t6-/m0/s1. The van der Waals surface area contributed by atoms with Gasteiger partial charge in [0.2, 0.25) is 0 Å². The van der Waals surface area contributed by atoms with Crippen molar-refractivity contribution in [3.05, 3.63) is 29.5 Å². The van der Waals surface area contributed by atoms with Gasteiger partial charge < -0.3 is 5.11 Å². The molecule has 1 aliphatic carbocycles. The van der Waals surface area contributed by atoms with E-state index in [4.69, 9.17) is 5.11 Å². The van der Waals surface area contributed by atoms with Crippen LogP contribution in [0.25, 0.3) is 0 Å². The van der Waals surface area contributed by atoms with Gasteiger partial charge in [0.25, 0.3) is 0 Å². The van der Waals surface area contributed by atoms with Crippen LogP contribution in [-0.4, -0.2) is 11.2 Å². The Morgan fingerprint density at radius 3 is 2.75 bits per heavy atom. The van der Waals surface area contributed by atoms with Crippen molar-refractivity contribution in [3.8, 4) is 0 Å². The minimum Gasteiger partial charge on any atom is -0.388 e. The predicted octanol–water partition coefficient (Wildman–Crippen LogP) is 1.02. The molecule has 0 bridgehead atoms. The maximum Gasteiger partial charge on any atom is 0.0833 e. The molecule has 0 heterocycles. The summed E-state index contributed by atoms with van der Waals surface area (Å²) in [5, 5.41) is 8.88. The van der Waals surface area contributed by atoms with Crippen molar-refractivity contribution >= 4 is 0 Å². The molecule has 0 unspecified atom stereocenters. The quantitative estimate of drug-likeness (QED) is 0.497. The van der Waals surface area contributed by atoms with E-state index in [0.717, 1.165) is 5.57 Å². The van der Waals surface area contributed by atoms with E-state index in [2.05, 4.69) is 5.73 Å². The zero-order valence-electron chi connectivity index (χ0n) is 4.76. The van der Waals surface area contributed by atoms with Crippen molar-refractivity contribution in [2.24, 2.45) is 0 Å². The van der Waals surface area contributed by atoms with E-state index >= 15 is 0 Å². The van der Waals surface area contributed by atoms with Crippen LogP contribution in [0.15, 0.2) is 29.5 Å². The second kappa shape index (κ2) is 1.99. The highest BCUT2D eigenvalue weighted by Crippen LogP contribution is 2.05. The molecular weight excluding hydrogens is 100 g/mol. The number of hydrogen-bond acceptors (Lipinski definition) is 1. The number of hydrogen-bond donors (Lipinski definition) is 1. The number of rotatable bonds is 1. The van der Waals surface area contributed by atoms with E-state index in [1.807, 2.05) is 12.2 Å². The van der Waals surface area contributed by atoms with Crippen molar-refractivity contribution in [3.63, 3.8) is 0 Å². The van der Waals surface area contributed by atoms with Crippen molar-refractivity contribution in [2.45, 2.75) is 13.0 Å². The van der Waals surface area contributed by atoms with Gasteiger partial charge in [0.15, 0.2) is 0 Å². The number of aliphatic hydroxyl groups is 1. The second-order valence-electron chi connectivity index (χ2n) is 1.80. The van der Waals surface area contributed by atoms with E-state index in [9.17, 15) is 0 Å². The van der Waals surface area contributed by atoms with Gasteiger partial charge in [0.05, 0.1) is 6.10 Å². The van der Waals surface area contributed by atoms with Gasteiger partial charge in [-0.3, -0.25) is 0 Å². The average molecular weight is 108 g/mol. The Kier molecular flexibility index (Phi) is 1.34. The summed E-state index contributed by atoms with van der Waals surface area (Å²) >= 11 is 0. The minimum atomic E-state index is -0.370. The molecule has 1 aliphatic rings. The van der Waals surface area contributed by atoms with Crippen LogP contribution in [0.3, 0.4) is 0 Å². The first-order valence-corrected chi connectivity index (χ1v) is 2.62. The molecule has 1 N–H and O–H groups in total. The van der Waals surface area contributed by atoms with E-state index in [1.165, 1.54) is 0 Å². The van der Waals surface area contributed by atoms with Gasteiger partial charge in [-0.15, -0.1) is 5.73 Å². The molecule has 1 atom stereocenters. The Labute approximate surface area is 48.6 Å². The van der Waals surface area contributed by atoms with Gasteiger partial charge in [-0.25, -0.2) is 0 Å². The van der Waals surface area contributed by atoms with Gasteiger partial charge in [-0.05, 0) is 19.1 Å². The molecular formula is C7H8O. The molecule has 1 rings (SSSR count). The van der Waals surface area contributed by atoms with Gasteiger partial charge in [0, 0.05) is 5.57 Å². The van der Waals surface area contributed by atoms with E-state index in [1.54, 1.807) is 13.0 Å². The molecule has 8 heavy (non-hydrogen) atoms. The molecule has 1 heteroatoms. The summed E-state index contributed by atoms with van der Waals surface area (Å²) < 4.78 is 0. The molecule has 0 saturated heterocycles. The maximum absolute atomic E-state index is 8.88. The first kappa shape index (κ1) is 5.36. The summed E-state index contributed by atoms with van der Waals surface area (Å²) in [6.07, 6.45) is 5.14. The lowest BCUT2D eigenvalue weighted by molar-refractivity contribution is 0.236. The number of allylic oxidation sites excluding steroid dienone is 1. The van der Waals surface area contributed by atoms with E-state index in [0.29, 0.717) is 0 Å². The molecule has 0 spiro atoms.